The zero-order valence-electron chi connectivity index (χ0n) is 9.00. The molecule has 14 heavy (non-hydrogen) atoms. The normalized spacial score (nSPS) is 27.3. The molecule has 0 amide bonds. The molecule has 3 heteroatoms. The maximum absolute atomic E-state index is 11.6. The first-order valence-electron chi connectivity index (χ1n) is 5.66. The Balaban J connectivity index is 2.41. The largest absolute Gasteiger partial charge is 0.465 e. The summed E-state index contributed by atoms with van der Waals surface area (Å²) in [7, 11) is 0. The van der Waals surface area contributed by atoms with Gasteiger partial charge in [-0.3, -0.25) is 4.79 Å². The number of nitrogens with two attached hydrogens (primary N) is 1. The third kappa shape index (κ3) is 2.98. The Labute approximate surface area is 86.0 Å². The van der Waals surface area contributed by atoms with Crippen LogP contribution in [0, 0.1) is 11.8 Å². The summed E-state index contributed by atoms with van der Waals surface area (Å²) < 4.78 is 5.17. The SMILES string of the molecule is CCCOC(=O)C1CCCCC1CN. The molecule has 0 saturated heterocycles. The van der Waals surface area contributed by atoms with Gasteiger partial charge >= 0.3 is 5.97 Å². The zero-order valence-corrected chi connectivity index (χ0v) is 9.00. The maximum Gasteiger partial charge on any atom is 0.309 e. The van der Waals surface area contributed by atoms with Gasteiger partial charge in [0.25, 0.3) is 0 Å². The highest BCUT2D eigenvalue weighted by molar-refractivity contribution is 5.72. The average Bonchev–Trinajstić information content (AvgIpc) is 2.25. The summed E-state index contributed by atoms with van der Waals surface area (Å²) in [6, 6.07) is 0. The first kappa shape index (κ1) is 11.5. The third-order valence-electron chi connectivity index (χ3n) is 2.96. The van der Waals surface area contributed by atoms with Crippen molar-refractivity contribution >= 4 is 5.97 Å². The molecule has 2 atom stereocenters. The summed E-state index contributed by atoms with van der Waals surface area (Å²) >= 11 is 0. The van der Waals surface area contributed by atoms with Gasteiger partial charge in [0.2, 0.25) is 0 Å². The van der Waals surface area contributed by atoms with Crippen LogP contribution in [0.2, 0.25) is 0 Å². The number of esters is 1. The molecule has 1 rings (SSSR count). The number of ether oxygens (including phenoxy) is 1. The van der Waals surface area contributed by atoms with Crippen LogP contribution in [0.25, 0.3) is 0 Å². The fourth-order valence-corrected chi connectivity index (χ4v) is 2.11. The molecule has 0 aromatic rings. The van der Waals surface area contributed by atoms with Crippen LogP contribution < -0.4 is 5.73 Å². The fourth-order valence-electron chi connectivity index (χ4n) is 2.11. The maximum atomic E-state index is 11.6. The van der Waals surface area contributed by atoms with Crippen LogP contribution in [0.5, 0.6) is 0 Å². The van der Waals surface area contributed by atoms with E-state index in [0.29, 0.717) is 19.1 Å². The second-order valence-electron chi connectivity index (χ2n) is 4.05. The monoisotopic (exact) mass is 199 g/mol. The van der Waals surface area contributed by atoms with E-state index in [-0.39, 0.29) is 11.9 Å². The van der Waals surface area contributed by atoms with Gasteiger partial charge in [0.05, 0.1) is 12.5 Å². The second kappa shape index (κ2) is 6.02. The number of hydrogen-bond donors (Lipinski definition) is 1. The molecule has 0 heterocycles. The summed E-state index contributed by atoms with van der Waals surface area (Å²) in [4.78, 5) is 11.6. The van der Waals surface area contributed by atoms with E-state index in [0.717, 1.165) is 25.7 Å². The van der Waals surface area contributed by atoms with Crippen LogP contribution in [-0.4, -0.2) is 19.1 Å². The van der Waals surface area contributed by atoms with Gasteiger partial charge in [-0.05, 0) is 31.7 Å². The van der Waals surface area contributed by atoms with E-state index in [1.165, 1.54) is 6.42 Å². The predicted octanol–water partition coefficient (Wildman–Crippen LogP) is 1.70. The number of carbonyl (C=O) groups excluding carboxylic acids is 1. The topological polar surface area (TPSA) is 52.3 Å². The molecule has 1 aliphatic rings. The quantitative estimate of drug-likeness (QED) is 0.701. The highest BCUT2D eigenvalue weighted by Gasteiger charge is 2.30. The van der Waals surface area contributed by atoms with Crippen molar-refractivity contribution < 1.29 is 9.53 Å². The van der Waals surface area contributed by atoms with Crippen molar-refractivity contribution in [1.82, 2.24) is 0 Å². The molecule has 0 bridgehead atoms. The van der Waals surface area contributed by atoms with Crippen LogP contribution in [0.1, 0.15) is 39.0 Å². The van der Waals surface area contributed by atoms with Gasteiger partial charge in [-0.15, -0.1) is 0 Å². The van der Waals surface area contributed by atoms with E-state index in [9.17, 15) is 4.79 Å². The average molecular weight is 199 g/mol. The molecule has 3 nitrogen and oxygen atoms in total. The highest BCUT2D eigenvalue weighted by Crippen LogP contribution is 2.30. The zero-order chi connectivity index (χ0) is 10.4. The van der Waals surface area contributed by atoms with Gasteiger partial charge in [-0.2, -0.15) is 0 Å². The number of hydrogen-bond acceptors (Lipinski definition) is 3. The molecular formula is C11H21NO2. The highest BCUT2D eigenvalue weighted by atomic mass is 16.5. The van der Waals surface area contributed by atoms with Crippen LogP contribution in [0.15, 0.2) is 0 Å². The number of carbonyl (C=O) groups is 1. The molecule has 82 valence electrons. The van der Waals surface area contributed by atoms with Crippen molar-refractivity contribution in [2.45, 2.75) is 39.0 Å². The summed E-state index contributed by atoms with van der Waals surface area (Å²) in [6.45, 7) is 3.17. The molecule has 0 radical (unpaired) electrons. The Bertz CT molecular complexity index is 182. The van der Waals surface area contributed by atoms with Gasteiger partial charge in [-0.25, -0.2) is 0 Å². The summed E-state index contributed by atoms with van der Waals surface area (Å²) in [5.74, 6) is 0.399. The standard InChI is InChI=1S/C11H21NO2/c1-2-7-14-11(13)10-6-4-3-5-9(10)8-12/h9-10H,2-8,12H2,1H3. The first-order chi connectivity index (χ1) is 6.79. The Kier molecular flexibility index (Phi) is 4.94. The van der Waals surface area contributed by atoms with Crippen molar-refractivity contribution in [3.05, 3.63) is 0 Å². The Morgan fingerprint density at radius 3 is 2.79 bits per heavy atom. The molecule has 0 aliphatic heterocycles. The lowest BCUT2D eigenvalue weighted by Crippen LogP contribution is -2.33. The van der Waals surface area contributed by atoms with Crippen molar-refractivity contribution in [3.63, 3.8) is 0 Å². The van der Waals surface area contributed by atoms with Crippen LogP contribution in [0.3, 0.4) is 0 Å². The fraction of sp³-hybridized carbons (Fsp3) is 0.909. The van der Waals surface area contributed by atoms with E-state index in [2.05, 4.69) is 0 Å². The molecule has 1 aliphatic carbocycles. The Hall–Kier alpha value is -0.570. The van der Waals surface area contributed by atoms with E-state index in [4.69, 9.17) is 10.5 Å². The van der Waals surface area contributed by atoms with Crippen molar-refractivity contribution in [1.29, 1.82) is 0 Å². The van der Waals surface area contributed by atoms with Gasteiger partial charge in [-0.1, -0.05) is 19.8 Å². The Morgan fingerprint density at radius 1 is 1.43 bits per heavy atom. The van der Waals surface area contributed by atoms with Gasteiger partial charge < -0.3 is 10.5 Å². The smallest absolute Gasteiger partial charge is 0.309 e. The predicted molar refractivity (Wildman–Crippen MR) is 55.8 cm³/mol. The molecule has 1 fully saturated rings. The second-order valence-corrected chi connectivity index (χ2v) is 4.05. The lowest BCUT2D eigenvalue weighted by Gasteiger charge is -2.28. The van der Waals surface area contributed by atoms with Crippen LogP contribution >= 0.6 is 0 Å². The minimum absolute atomic E-state index is 0.0259. The van der Waals surface area contributed by atoms with Gasteiger partial charge in [0, 0.05) is 0 Å². The van der Waals surface area contributed by atoms with Crippen LogP contribution in [0.4, 0.5) is 0 Å². The minimum Gasteiger partial charge on any atom is -0.465 e. The molecule has 1 saturated carbocycles. The van der Waals surface area contributed by atoms with Crippen molar-refractivity contribution in [2.24, 2.45) is 17.6 Å². The number of rotatable bonds is 4. The van der Waals surface area contributed by atoms with E-state index in [1.807, 2.05) is 6.92 Å². The minimum atomic E-state index is -0.0259. The lowest BCUT2D eigenvalue weighted by atomic mass is 9.79. The third-order valence-corrected chi connectivity index (χ3v) is 2.96. The van der Waals surface area contributed by atoms with Gasteiger partial charge in [0.1, 0.15) is 0 Å². The van der Waals surface area contributed by atoms with E-state index < -0.39 is 0 Å². The van der Waals surface area contributed by atoms with E-state index in [1.54, 1.807) is 0 Å². The summed E-state index contributed by atoms with van der Waals surface area (Å²) in [5.41, 5.74) is 5.65. The van der Waals surface area contributed by atoms with E-state index >= 15 is 0 Å². The lowest BCUT2D eigenvalue weighted by molar-refractivity contribution is -0.151. The van der Waals surface area contributed by atoms with Crippen LogP contribution in [-0.2, 0) is 9.53 Å². The molecule has 0 aromatic heterocycles. The molecule has 0 aromatic carbocycles. The molecule has 0 spiro atoms. The Morgan fingerprint density at radius 2 is 2.14 bits per heavy atom. The van der Waals surface area contributed by atoms with Crippen molar-refractivity contribution in [2.75, 3.05) is 13.2 Å². The summed E-state index contributed by atoms with van der Waals surface area (Å²) in [5, 5.41) is 0. The molecule has 2 unspecified atom stereocenters. The first-order valence-corrected chi connectivity index (χ1v) is 5.66. The molecule has 2 N–H and O–H groups in total. The van der Waals surface area contributed by atoms with Gasteiger partial charge in [0.15, 0.2) is 0 Å². The molecular weight excluding hydrogens is 178 g/mol. The van der Waals surface area contributed by atoms with Crippen molar-refractivity contribution in [3.8, 4) is 0 Å². The summed E-state index contributed by atoms with van der Waals surface area (Å²) in [6.07, 6.45) is 5.29.